The van der Waals surface area contributed by atoms with Crippen molar-refractivity contribution < 1.29 is 32.9 Å². The van der Waals surface area contributed by atoms with Gasteiger partial charge in [-0.25, -0.2) is 4.57 Å². The first-order valence-electron chi connectivity index (χ1n) is 24.9. The number of hydrogen-bond donors (Lipinski definition) is 3. The first kappa shape index (κ1) is 60.9. The molecule has 0 saturated carbocycles. The average Bonchev–Trinajstić information content (AvgIpc) is 3.25. The first-order chi connectivity index (χ1) is 31.0. The van der Waals surface area contributed by atoms with Gasteiger partial charge in [-0.1, -0.05) is 193 Å². The summed E-state index contributed by atoms with van der Waals surface area (Å²) in [7, 11) is 1.53. The van der Waals surface area contributed by atoms with E-state index in [1.54, 1.807) is 6.08 Å². The van der Waals surface area contributed by atoms with Crippen molar-refractivity contribution in [2.24, 2.45) is 0 Å². The number of carbonyl (C=O) groups is 1. The molecule has 9 heteroatoms. The van der Waals surface area contributed by atoms with Gasteiger partial charge in [-0.3, -0.25) is 13.8 Å². The van der Waals surface area contributed by atoms with Crippen LogP contribution in [-0.4, -0.2) is 73.4 Å². The van der Waals surface area contributed by atoms with Crippen molar-refractivity contribution in [1.82, 2.24) is 5.32 Å². The van der Waals surface area contributed by atoms with E-state index in [1.807, 2.05) is 27.2 Å². The third kappa shape index (κ3) is 46.9. The smallest absolute Gasteiger partial charge is 0.387 e. The van der Waals surface area contributed by atoms with Gasteiger partial charge in [0.05, 0.1) is 39.9 Å². The Hall–Kier alpha value is -3.10. The van der Waals surface area contributed by atoms with E-state index < -0.39 is 20.0 Å². The minimum atomic E-state index is -4.35. The number of aliphatic hydroxyl groups excluding tert-OH is 1. The SMILES string of the molecule is CC/C=C\C/C=C\C/C=C\C/C=C\C/C=C\C/C=C\C/C=C\C/C=C\CCCCCCCCCCCCC(=O)NC(COP(=O)(O)OCC[N+](C)(C)C)C(O)/C=C/CC/C=C/CCC. The van der Waals surface area contributed by atoms with Crippen molar-refractivity contribution in [3.8, 4) is 0 Å². The highest BCUT2D eigenvalue weighted by molar-refractivity contribution is 7.47. The maximum atomic E-state index is 12.8. The largest absolute Gasteiger partial charge is 0.472 e. The van der Waals surface area contributed by atoms with Crippen molar-refractivity contribution in [3.05, 3.63) is 122 Å². The van der Waals surface area contributed by atoms with Crippen LogP contribution < -0.4 is 5.32 Å². The minimum absolute atomic E-state index is 0.0485. The second kappa shape index (κ2) is 45.1. The van der Waals surface area contributed by atoms with Gasteiger partial charge in [0.2, 0.25) is 5.91 Å². The molecule has 0 fully saturated rings. The van der Waals surface area contributed by atoms with Gasteiger partial charge < -0.3 is 19.8 Å². The number of nitrogens with one attached hydrogen (secondary N) is 1. The molecule has 0 radical (unpaired) electrons. The molecule has 64 heavy (non-hydrogen) atoms. The number of allylic oxidation sites excluding steroid dienone is 19. The van der Waals surface area contributed by atoms with Crippen molar-refractivity contribution >= 4 is 13.7 Å². The van der Waals surface area contributed by atoms with Crippen LogP contribution in [0.15, 0.2) is 122 Å². The molecule has 3 unspecified atom stereocenters. The molecule has 1 amide bonds. The van der Waals surface area contributed by atoms with Gasteiger partial charge in [0.15, 0.2) is 0 Å². The molecular formula is C55H94N2O6P+. The van der Waals surface area contributed by atoms with Gasteiger partial charge in [-0.2, -0.15) is 0 Å². The molecular weight excluding hydrogens is 816 g/mol. The lowest BCUT2D eigenvalue weighted by Crippen LogP contribution is -2.45. The Morgan fingerprint density at radius 2 is 0.953 bits per heavy atom. The number of nitrogens with zero attached hydrogens (tertiary/aromatic N) is 1. The summed E-state index contributed by atoms with van der Waals surface area (Å²) in [5, 5.41) is 13.7. The van der Waals surface area contributed by atoms with Crippen molar-refractivity contribution in [3.63, 3.8) is 0 Å². The van der Waals surface area contributed by atoms with E-state index in [9.17, 15) is 19.4 Å². The molecule has 0 bridgehead atoms. The third-order valence-corrected chi connectivity index (χ3v) is 11.1. The fraction of sp³-hybridized carbons (Fsp3) is 0.618. The Morgan fingerprint density at radius 3 is 1.42 bits per heavy atom. The highest BCUT2D eigenvalue weighted by Crippen LogP contribution is 2.43. The minimum Gasteiger partial charge on any atom is -0.387 e. The zero-order valence-electron chi connectivity index (χ0n) is 41.2. The highest BCUT2D eigenvalue weighted by Gasteiger charge is 2.27. The second-order valence-electron chi connectivity index (χ2n) is 17.4. The van der Waals surface area contributed by atoms with E-state index in [1.165, 1.54) is 44.9 Å². The molecule has 0 aromatic carbocycles. The van der Waals surface area contributed by atoms with Gasteiger partial charge in [0, 0.05) is 6.42 Å². The summed E-state index contributed by atoms with van der Waals surface area (Å²) in [5.41, 5.74) is 0. The lowest BCUT2D eigenvalue weighted by atomic mass is 10.0. The van der Waals surface area contributed by atoms with E-state index in [2.05, 4.69) is 129 Å². The van der Waals surface area contributed by atoms with E-state index in [0.717, 1.165) is 103 Å². The second-order valence-corrected chi connectivity index (χ2v) is 18.9. The summed E-state index contributed by atoms with van der Waals surface area (Å²) in [6.45, 7) is 4.53. The number of rotatable bonds is 43. The topological polar surface area (TPSA) is 105 Å². The number of carbonyl (C=O) groups excluding carboxylic acids is 1. The van der Waals surface area contributed by atoms with Crippen LogP contribution in [0.2, 0.25) is 0 Å². The number of quaternary nitrogens is 1. The molecule has 0 aliphatic carbocycles. The molecule has 0 heterocycles. The Bertz CT molecular complexity index is 1450. The predicted octanol–water partition coefficient (Wildman–Crippen LogP) is 14.6. The third-order valence-electron chi connectivity index (χ3n) is 10.1. The van der Waals surface area contributed by atoms with Crippen LogP contribution in [0, 0.1) is 0 Å². The summed E-state index contributed by atoms with van der Waals surface area (Å²) >= 11 is 0. The molecule has 0 aliphatic rings. The van der Waals surface area contributed by atoms with Crippen LogP contribution in [0.4, 0.5) is 0 Å². The summed E-state index contributed by atoms with van der Waals surface area (Å²) in [6, 6.07) is -0.870. The normalized spacial score (nSPS) is 15.2. The number of phosphoric ester groups is 1. The summed E-state index contributed by atoms with van der Waals surface area (Å²) in [4.78, 5) is 23.0. The monoisotopic (exact) mass is 910 g/mol. The van der Waals surface area contributed by atoms with E-state index in [0.29, 0.717) is 17.4 Å². The summed E-state index contributed by atoms with van der Waals surface area (Å²) in [5.74, 6) is -0.203. The number of likely N-dealkylation sites (N-methyl/N-ethyl adjacent to an activating group) is 1. The summed E-state index contributed by atoms with van der Waals surface area (Å²) < 4.78 is 23.4. The van der Waals surface area contributed by atoms with Crippen molar-refractivity contribution in [2.45, 2.75) is 180 Å². The summed E-state index contributed by atoms with van der Waals surface area (Å²) in [6.07, 6.45) is 67.5. The first-order valence-corrected chi connectivity index (χ1v) is 26.4. The Balaban J connectivity index is 4.04. The molecule has 0 rings (SSSR count). The molecule has 0 spiro atoms. The van der Waals surface area contributed by atoms with Gasteiger partial charge in [0.25, 0.3) is 0 Å². The number of aliphatic hydroxyl groups is 1. The standard InChI is InChI=1S/C55H93N2O6P/c1-6-8-10-12-14-15-16-17-18-19-20-21-22-23-24-25-26-27-28-29-30-31-32-33-34-35-36-37-38-39-40-41-43-45-47-49-55(59)56-53(54(58)48-46-44-42-13-11-9-7-2)52-63-64(60,61)62-51-50-57(3,4)5/h8,10-11,13-15,17-18,20-21,23-24,26-27,29-30,32-33,46,48,53-54,58H,6-7,9,12,16,19,22,25,28,31,34-45,47,49-52H2,1-5H3,(H-,56,59,60,61)/p+1/b10-8-,13-11+,15-14-,18-17-,21-20-,24-23-,27-26-,30-29-,33-32-,48-46+. The molecule has 3 N–H and O–H groups in total. The maximum Gasteiger partial charge on any atom is 0.472 e. The van der Waals surface area contributed by atoms with Crippen LogP contribution >= 0.6 is 7.82 Å². The highest BCUT2D eigenvalue weighted by atomic mass is 31.2. The van der Waals surface area contributed by atoms with E-state index >= 15 is 0 Å². The fourth-order valence-electron chi connectivity index (χ4n) is 6.25. The zero-order valence-corrected chi connectivity index (χ0v) is 42.1. The van der Waals surface area contributed by atoms with Gasteiger partial charge in [0.1, 0.15) is 13.2 Å². The lowest BCUT2D eigenvalue weighted by Gasteiger charge is -2.25. The van der Waals surface area contributed by atoms with Crippen LogP contribution in [0.5, 0.6) is 0 Å². The average molecular weight is 910 g/mol. The Morgan fingerprint density at radius 1 is 0.547 bits per heavy atom. The van der Waals surface area contributed by atoms with Gasteiger partial charge >= 0.3 is 7.82 Å². The number of unbranched alkanes of at least 4 members (excludes halogenated alkanes) is 12. The molecule has 3 atom stereocenters. The van der Waals surface area contributed by atoms with Gasteiger partial charge in [-0.05, 0) is 89.9 Å². The maximum absolute atomic E-state index is 12.8. The molecule has 0 aromatic rings. The van der Waals surface area contributed by atoms with Crippen LogP contribution in [0.1, 0.15) is 168 Å². The van der Waals surface area contributed by atoms with Crippen LogP contribution in [-0.2, 0) is 18.4 Å². The Labute approximate surface area is 393 Å². The number of hydrogen-bond acceptors (Lipinski definition) is 5. The quantitative estimate of drug-likeness (QED) is 0.0244. The lowest BCUT2D eigenvalue weighted by molar-refractivity contribution is -0.870. The molecule has 364 valence electrons. The van der Waals surface area contributed by atoms with Crippen LogP contribution in [0.3, 0.4) is 0 Å². The predicted molar refractivity (Wildman–Crippen MR) is 276 cm³/mol. The Kier molecular flexibility index (Phi) is 42.9. The van der Waals surface area contributed by atoms with Gasteiger partial charge in [-0.15, -0.1) is 0 Å². The molecule has 0 aromatic heterocycles. The van der Waals surface area contributed by atoms with Crippen molar-refractivity contribution in [2.75, 3.05) is 40.9 Å². The van der Waals surface area contributed by atoms with Crippen molar-refractivity contribution in [1.29, 1.82) is 0 Å². The number of phosphoric acid groups is 1. The molecule has 8 nitrogen and oxygen atoms in total. The van der Waals surface area contributed by atoms with Crippen LogP contribution in [0.25, 0.3) is 0 Å². The number of amides is 1. The molecule has 0 saturated heterocycles. The fourth-order valence-corrected chi connectivity index (χ4v) is 6.99. The zero-order chi connectivity index (χ0) is 47.1. The van der Waals surface area contributed by atoms with E-state index in [-0.39, 0.29) is 19.1 Å². The molecule has 0 aliphatic heterocycles. The van der Waals surface area contributed by atoms with E-state index in [4.69, 9.17) is 9.05 Å².